The summed E-state index contributed by atoms with van der Waals surface area (Å²) < 4.78 is 1.84. The standard InChI is InChI=1S/C12H12N2O/c1-9-6-10(2)14(13-9)12-5-3-4-11(7-12)8-15/h3-8H,1-2H3. The van der Waals surface area contributed by atoms with E-state index < -0.39 is 0 Å². The van der Waals surface area contributed by atoms with Crippen molar-refractivity contribution in [1.29, 1.82) is 0 Å². The SMILES string of the molecule is Cc1cc(C)n(-c2cccc(C=O)c2)n1. The quantitative estimate of drug-likeness (QED) is 0.697. The zero-order chi connectivity index (χ0) is 10.8. The second-order valence-electron chi connectivity index (χ2n) is 3.55. The molecule has 0 spiro atoms. The third-order valence-electron chi connectivity index (χ3n) is 2.26. The Bertz CT molecular complexity index is 500. The number of rotatable bonds is 2. The minimum absolute atomic E-state index is 0.667. The Morgan fingerprint density at radius 2 is 2.07 bits per heavy atom. The first kappa shape index (κ1) is 9.65. The van der Waals surface area contributed by atoms with Crippen molar-refractivity contribution in [3.63, 3.8) is 0 Å². The van der Waals surface area contributed by atoms with Gasteiger partial charge in [-0.25, -0.2) is 4.68 Å². The summed E-state index contributed by atoms with van der Waals surface area (Å²) in [5.74, 6) is 0. The average molecular weight is 200 g/mol. The van der Waals surface area contributed by atoms with Crippen molar-refractivity contribution in [2.24, 2.45) is 0 Å². The molecule has 0 aliphatic carbocycles. The van der Waals surface area contributed by atoms with Crippen LogP contribution in [0.15, 0.2) is 30.3 Å². The van der Waals surface area contributed by atoms with Gasteiger partial charge in [-0.3, -0.25) is 4.79 Å². The Morgan fingerprint density at radius 1 is 1.27 bits per heavy atom. The second-order valence-corrected chi connectivity index (χ2v) is 3.55. The maximum Gasteiger partial charge on any atom is 0.150 e. The van der Waals surface area contributed by atoms with E-state index in [-0.39, 0.29) is 0 Å². The van der Waals surface area contributed by atoms with Crippen LogP contribution in [0.1, 0.15) is 21.7 Å². The molecule has 1 aromatic heterocycles. The van der Waals surface area contributed by atoms with Gasteiger partial charge >= 0.3 is 0 Å². The van der Waals surface area contributed by atoms with E-state index in [2.05, 4.69) is 5.10 Å². The summed E-state index contributed by atoms with van der Waals surface area (Å²) >= 11 is 0. The van der Waals surface area contributed by atoms with Gasteiger partial charge in [0.25, 0.3) is 0 Å². The van der Waals surface area contributed by atoms with Crippen LogP contribution in [0.5, 0.6) is 0 Å². The van der Waals surface area contributed by atoms with Crippen molar-refractivity contribution in [2.45, 2.75) is 13.8 Å². The molecular formula is C12H12N2O. The predicted octanol–water partition coefficient (Wildman–Crippen LogP) is 2.30. The number of benzene rings is 1. The Hall–Kier alpha value is -1.90. The summed E-state index contributed by atoms with van der Waals surface area (Å²) in [6, 6.07) is 9.41. The Labute approximate surface area is 88.4 Å². The summed E-state index contributed by atoms with van der Waals surface area (Å²) in [5, 5.41) is 4.36. The fraction of sp³-hybridized carbons (Fsp3) is 0.167. The number of aromatic nitrogens is 2. The van der Waals surface area contributed by atoms with Gasteiger partial charge in [-0.2, -0.15) is 5.10 Å². The van der Waals surface area contributed by atoms with Crippen LogP contribution in [0.4, 0.5) is 0 Å². The largest absolute Gasteiger partial charge is 0.298 e. The number of hydrogen-bond acceptors (Lipinski definition) is 2. The van der Waals surface area contributed by atoms with Crippen LogP contribution in [-0.4, -0.2) is 16.1 Å². The zero-order valence-electron chi connectivity index (χ0n) is 8.77. The molecule has 3 nitrogen and oxygen atoms in total. The van der Waals surface area contributed by atoms with E-state index in [4.69, 9.17) is 0 Å². The normalized spacial score (nSPS) is 10.3. The van der Waals surface area contributed by atoms with Crippen molar-refractivity contribution in [3.05, 3.63) is 47.3 Å². The molecule has 1 heterocycles. The molecular weight excluding hydrogens is 188 g/mol. The van der Waals surface area contributed by atoms with Gasteiger partial charge in [0.1, 0.15) is 6.29 Å². The molecule has 2 rings (SSSR count). The van der Waals surface area contributed by atoms with Crippen LogP contribution in [0.25, 0.3) is 5.69 Å². The summed E-state index contributed by atoms with van der Waals surface area (Å²) in [5.41, 5.74) is 3.63. The molecule has 0 radical (unpaired) electrons. The van der Waals surface area contributed by atoms with Crippen LogP contribution in [0.2, 0.25) is 0 Å². The van der Waals surface area contributed by atoms with Crippen molar-refractivity contribution in [2.75, 3.05) is 0 Å². The highest BCUT2D eigenvalue weighted by atomic mass is 16.1. The third-order valence-corrected chi connectivity index (χ3v) is 2.26. The van der Waals surface area contributed by atoms with E-state index in [1.807, 2.05) is 42.8 Å². The van der Waals surface area contributed by atoms with E-state index in [0.29, 0.717) is 5.56 Å². The molecule has 76 valence electrons. The highest BCUT2D eigenvalue weighted by Crippen LogP contribution is 2.12. The van der Waals surface area contributed by atoms with Gasteiger partial charge in [-0.05, 0) is 32.0 Å². The lowest BCUT2D eigenvalue weighted by Gasteiger charge is -2.04. The van der Waals surface area contributed by atoms with E-state index in [1.165, 1.54) is 0 Å². The molecule has 0 bridgehead atoms. The highest BCUT2D eigenvalue weighted by molar-refractivity contribution is 5.75. The van der Waals surface area contributed by atoms with E-state index >= 15 is 0 Å². The lowest BCUT2D eigenvalue weighted by molar-refractivity contribution is 0.112. The topological polar surface area (TPSA) is 34.9 Å². The number of carbonyl (C=O) groups excluding carboxylic acids is 1. The lowest BCUT2D eigenvalue weighted by atomic mass is 10.2. The maximum absolute atomic E-state index is 10.7. The van der Waals surface area contributed by atoms with Gasteiger partial charge in [0, 0.05) is 11.3 Å². The maximum atomic E-state index is 10.7. The molecule has 0 aliphatic heterocycles. The Morgan fingerprint density at radius 3 is 2.67 bits per heavy atom. The lowest BCUT2D eigenvalue weighted by Crippen LogP contribution is -1.99. The Balaban J connectivity index is 2.53. The molecule has 0 saturated carbocycles. The molecule has 0 atom stereocenters. The first-order valence-corrected chi connectivity index (χ1v) is 4.79. The van der Waals surface area contributed by atoms with Gasteiger partial charge in [0.15, 0.2) is 0 Å². The van der Waals surface area contributed by atoms with Crippen LogP contribution in [0, 0.1) is 13.8 Å². The third kappa shape index (κ3) is 1.81. The monoisotopic (exact) mass is 200 g/mol. The molecule has 1 aromatic carbocycles. The van der Waals surface area contributed by atoms with Crippen molar-refractivity contribution < 1.29 is 4.79 Å². The first-order chi connectivity index (χ1) is 7.20. The van der Waals surface area contributed by atoms with Crippen molar-refractivity contribution in [1.82, 2.24) is 9.78 Å². The van der Waals surface area contributed by atoms with Crippen LogP contribution in [0.3, 0.4) is 0 Å². The van der Waals surface area contributed by atoms with E-state index in [0.717, 1.165) is 23.4 Å². The summed E-state index contributed by atoms with van der Waals surface area (Å²) in [7, 11) is 0. The van der Waals surface area contributed by atoms with Crippen LogP contribution < -0.4 is 0 Å². The van der Waals surface area contributed by atoms with Gasteiger partial charge in [0.05, 0.1) is 11.4 Å². The van der Waals surface area contributed by atoms with Gasteiger partial charge in [-0.1, -0.05) is 12.1 Å². The Kier molecular flexibility index (Phi) is 2.37. The molecule has 15 heavy (non-hydrogen) atoms. The molecule has 0 saturated heterocycles. The predicted molar refractivity (Wildman–Crippen MR) is 58.4 cm³/mol. The number of aryl methyl sites for hydroxylation is 2. The van der Waals surface area contributed by atoms with Gasteiger partial charge in [0.2, 0.25) is 0 Å². The highest BCUT2D eigenvalue weighted by Gasteiger charge is 2.03. The minimum atomic E-state index is 0.667. The van der Waals surface area contributed by atoms with E-state index in [1.54, 1.807) is 6.07 Å². The van der Waals surface area contributed by atoms with Crippen molar-refractivity contribution >= 4 is 6.29 Å². The zero-order valence-corrected chi connectivity index (χ0v) is 8.77. The first-order valence-electron chi connectivity index (χ1n) is 4.79. The van der Waals surface area contributed by atoms with Crippen LogP contribution in [-0.2, 0) is 0 Å². The molecule has 0 amide bonds. The number of aldehydes is 1. The van der Waals surface area contributed by atoms with Crippen molar-refractivity contribution in [3.8, 4) is 5.69 Å². The molecule has 0 fully saturated rings. The minimum Gasteiger partial charge on any atom is -0.298 e. The van der Waals surface area contributed by atoms with E-state index in [9.17, 15) is 4.79 Å². The van der Waals surface area contributed by atoms with Gasteiger partial charge in [-0.15, -0.1) is 0 Å². The average Bonchev–Trinajstić information content (AvgIpc) is 2.58. The fourth-order valence-corrected chi connectivity index (χ4v) is 1.62. The second kappa shape index (κ2) is 3.69. The number of hydrogen-bond donors (Lipinski definition) is 0. The fourth-order valence-electron chi connectivity index (χ4n) is 1.62. The summed E-state index contributed by atoms with van der Waals surface area (Å²) in [6.45, 7) is 3.95. The number of nitrogens with zero attached hydrogens (tertiary/aromatic N) is 2. The number of carbonyl (C=O) groups is 1. The smallest absolute Gasteiger partial charge is 0.150 e. The molecule has 0 N–H and O–H groups in total. The molecule has 0 unspecified atom stereocenters. The van der Waals surface area contributed by atoms with Crippen LogP contribution >= 0.6 is 0 Å². The molecule has 2 aromatic rings. The molecule has 0 aliphatic rings. The summed E-state index contributed by atoms with van der Waals surface area (Å²) in [6.07, 6.45) is 0.842. The van der Waals surface area contributed by atoms with Gasteiger partial charge < -0.3 is 0 Å². The molecule has 3 heteroatoms. The summed E-state index contributed by atoms with van der Waals surface area (Å²) in [4.78, 5) is 10.7.